The zero-order chi connectivity index (χ0) is 24.7. The van der Waals surface area contributed by atoms with Crippen LogP contribution in [-0.2, 0) is 21.2 Å². The van der Waals surface area contributed by atoms with Crippen molar-refractivity contribution in [1.29, 1.82) is 0 Å². The number of benzene rings is 2. The molecule has 0 fully saturated rings. The predicted molar refractivity (Wildman–Crippen MR) is 138 cm³/mol. The fourth-order valence-electron chi connectivity index (χ4n) is 3.21. The van der Waals surface area contributed by atoms with E-state index in [2.05, 4.69) is 10.3 Å². The van der Waals surface area contributed by atoms with E-state index in [4.69, 9.17) is 0 Å². The average molecular weight is 518 g/mol. The summed E-state index contributed by atoms with van der Waals surface area (Å²) in [6.07, 6.45) is 2.52. The lowest BCUT2D eigenvalue weighted by Gasteiger charge is -2.18. The average Bonchev–Trinajstić information content (AvgIpc) is 3.30. The van der Waals surface area contributed by atoms with E-state index in [-0.39, 0.29) is 22.7 Å². The first-order chi connectivity index (χ1) is 16.2. The van der Waals surface area contributed by atoms with E-state index >= 15 is 0 Å². The highest BCUT2D eigenvalue weighted by atomic mass is 32.2. The second-order valence-electron chi connectivity index (χ2n) is 7.76. The van der Waals surface area contributed by atoms with E-state index in [0.29, 0.717) is 17.2 Å². The quantitative estimate of drug-likeness (QED) is 0.416. The number of amides is 1. The molecule has 0 saturated carbocycles. The number of hydrogen-bond donors (Lipinski definition) is 1. The molecular weight excluding hydrogens is 490 g/mol. The van der Waals surface area contributed by atoms with Crippen LogP contribution in [-0.4, -0.2) is 61.5 Å². The van der Waals surface area contributed by atoms with Crippen LogP contribution in [0.2, 0.25) is 0 Å². The SMILES string of the molecule is CSCC[C@H](NC(=O)c1cccc(S(=O)(=O)N(C)C)c1)C(=O)Cc1nc(-c2ccccc2)cs1. The van der Waals surface area contributed by atoms with Crippen LogP contribution in [0.25, 0.3) is 11.3 Å². The topological polar surface area (TPSA) is 96.4 Å². The van der Waals surface area contributed by atoms with Gasteiger partial charge in [0.15, 0.2) is 5.78 Å². The van der Waals surface area contributed by atoms with Crippen LogP contribution in [0.4, 0.5) is 0 Å². The lowest BCUT2D eigenvalue weighted by molar-refractivity contribution is -0.120. The standard InChI is InChI=1S/C24H27N3O4S3/c1-27(2)34(30,31)19-11-7-10-18(14-19)24(29)26-20(12-13-32-3)22(28)15-23-25-21(16-33-23)17-8-5-4-6-9-17/h4-11,14,16,20H,12-13,15H2,1-3H3,(H,26,29)/t20-/m0/s1. The van der Waals surface area contributed by atoms with Crippen molar-refractivity contribution < 1.29 is 18.0 Å². The van der Waals surface area contributed by atoms with Gasteiger partial charge in [0.25, 0.3) is 5.91 Å². The van der Waals surface area contributed by atoms with E-state index in [0.717, 1.165) is 15.6 Å². The van der Waals surface area contributed by atoms with Crippen molar-refractivity contribution in [1.82, 2.24) is 14.6 Å². The number of rotatable bonds is 11. The van der Waals surface area contributed by atoms with Crippen LogP contribution in [0.1, 0.15) is 21.8 Å². The maximum atomic E-state index is 13.1. The minimum Gasteiger partial charge on any atom is -0.342 e. The second-order valence-corrected chi connectivity index (χ2v) is 11.8. The van der Waals surface area contributed by atoms with Gasteiger partial charge in [0.05, 0.1) is 23.1 Å². The van der Waals surface area contributed by atoms with Crippen LogP contribution < -0.4 is 5.32 Å². The summed E-state index contributed by atoms with van der Waals surface area (Å²) in [5, 5.41) is 5.41. The van der Waals surface area contributed by atoms with Crippen LogP contribution in [0.5, 0.6) is 0 Å². The van der Waals surface area contributed by atoms with Gasteiger partial charge in [-0.1, -0.05) is 36.4 Å². The molecule has 10 heteroatoms. The Kier molecular flexibility index (Phi) is 9.01. The predicted octanol–water partition coefficient (Wildman–Crippen LogP) is 3.72. The number of nitrogens with zero attached hydrogens (tertiary/aromatic N) is 2. The molecule has 1 N–H and O–H groups in total. The fraction of sp³-hybridized carbons (Fsp3) is 0.292. The molecule has 0 aliphatic rings. The van der Waals surface area contributed by atoms with Crippen molar-refractivity contribution in [2.24, 2.45) is 0 Å². The van der Waals surface area contributed by atoms with Gasteiger partial charge < -0.3 is 5.32 Å². The molecule has 0 spiro atoms. The van der Waals surface area contributed by atoms with Crippen LogP contribution in [0, 0.1) is 0 Å². The van der Waals surface area contributed by atoms with Crippen LogP contribution in [0.3, 0.4) is 0 Å². The molecule has 0 aliphatic carbocycles. The molecule has 3 aromatic rings. The number of ketones is 1. The third-order valence-electron chi connectivity index (χ3n) is 5.13. The summed E-state index contributed by atoms with van der Waals surface area (Å²) in [5.74, 6) is 0.0755. The highest BCUT2D eigenvalue weighted by Gasteiger charge is 2.24. The summed E-state index contributed by atoms with van der Waals surface area (Å²) in [5.41, 5.74) is 1.99. The first-order valence-electron chi connectivity index (χ1n) is 10.6. The van der Waals surface area contributed by atoms with Crippen LogP contribution in [0.15, 0.2) is 64.9 Å². The summed E-state index contributed by atoms with van der Waals surface area (Å²) in [6, 6.07) is 14.9. The monoisotopic (exact) mass is 517 g/mol. The molecule has 7 nitrogen and oxygen atoms in total. The number of carbonyl (C=O) groups excluding carboxylic acids is 2. The van der Waals surface area contributed by atoms with Gasteiger partial charge in [0.1, 0.15) is 5.01 Å². The van der Waals surface area contributed by atoms with Gasteiger partial charge in [-0.25, -0.2) is 17.7 Å². The van der Waals surface area contributed by atoms with E-state index < -0.39 is 22.0 Å². The highest BCUT2D eigenvalue weighted by Crippen LogP contribution is 2.22. The Balaban J connectivity index is 1.74. The second kappa shape index (κ2) is 11.7. The Bertz CT molecular complexity index is 1240. The number of aromatic nitrogens is 1. The molecule has 34 heavy (non-hydrogen) atoms. The summed E-state index contributed by atoms with van der Waals surface area (Å²) < 4.78 is 25.9. The van der Waals surface area contributed by atoms with Crippen molar-refractivity contribution >= 4 is 44.8 Å². The van der Waals surface area contributed by atoms with Crippen LogP contribution >= 0.6 is 23.1 Å². The third-order valence-corrected chi connectivity index (χ3v) is 8.43. The van der Waals surface area contributed by atoms with Gasteiger partial charge in [-0.15, -0.1) is 11.3 Å². The first-order valence-corrected chi connectivity index (χ1v) is 14.3. The molecule has 1 heterocycles. The number of nitrogens with one attached hydrogen (secondary N) is 1. The minimum absolute atomic E-state index is 0.0216. The van der Waals surface area contributed by atoms with Gasteiger partial charge in [0.2, 0.25) is 10.0 Å². The van der Waals surface area contributed by atoms with Gasteiger partial charge in [-0.05, 0) is 36.6 Å². The Morgan fingerprint density at radius 3 is 2.53 bits per heavy atom. The molecule has 0 bridgehead atoms. The summed E-state index contributed by atoms with van der Waals surface area (Å²) in [7, 11) is -0.814. The van der Waals surface area contributed by atoms with Crippen molar-refractivity contribution in [2.45, 2.75) is 23.8 Å². The van der Waals surface area contributed by atoms with Crippen molar-refractivity contribution in [2.75, 3.05) is 26.1 Å². The zero-order valence-corrected chi connectivity index (χ0v) is 21.7. The summed E-state index contributed by atoms with van der Waals surface area (Å²) in [6.45, 7) is 0. The minimum atomic E-state index is -3.68. The Labute approximate surface area is 208 Å². The number of hydrogen-bond acceptors (Lipinski definition) is 7. The molecule has 180 valence electrons. The maximum Gasteiger partial charge on any atom is 0.251 e. The van der Waals surface area contributed by atoms with Gasteiger partial charge >= 0.3 is 0 Å². The molecular formula is C24H27N3O4S3. The molecule has 0 aliphatic heterocycles. The molecule has 2 aromatic carbocycles. The molecule has 1 aromatic heterocycles. The Hall–Kier alpha value is -2.53. The molecule has 1 amide bonds. The lowest BCUT2D eigenvalue weighted by atomic mass is 10.1. The molecule has 3 rings (SSSR count). The number of carbonyl (C=O) groups is 2. The van der Waals surface area contributed by atoms with E-state index in [1.807, 2.05) is 42.0 Å². The van der Waals surface area contributed by atoms with Crippen molar-refractivity contribution in [3.05, 3.63) is 70.5 Å². The normalized spacial score (nSPS) is 12.5. The third kappa shape index (κ3) is 6.53. The maximum absolute atomic E-state index is 13.1. The Morgan fingerprint density at radius 2 is 1.85 bits per heavy atom. The van der Waals surface area contributed by atoms with E-state index in [9.17, 15) is 18.0 Å². The van der Waals surface area contributed by atoms with Crippen molar-refractivity contribution in [3.63, 3.8) is 0 Å². The Morgan fingerprint density at radius 1 is 1.12 bits per heavy atom. The van der Waals surface area contributed by atoms with Gasteiger partial charge in [0, 0.05) is 30.6 Å². The lowest BCUT2D eigenvalue weighted by Crippen LogP contribution is -2.42. The van der Waals surface area contributed by atoms with Crippen molar-refractivity contribution in [3.8, 4) is 11.3 Å². The number of sulfonamides is 1. The first kappa shape index (κ1) is 26.1. The fourth-order valence-corrected chi connectivity index (χ4v) is 5.44. The summed E-state index contributed by atoms with van der Waals surface area (Å²) >= 11 is 3.00. The number of thiazole rings is 1. The van der Waals surface area contributed by atoms with E-state index in [1.165, 1.54) is 49.7 Å². The molecule has 0 saturated heterocycles. The van der Waals surface area contributed by atoms with Gasteiger partial charge in [-0.3, -0.25) is 9.59 Å². The molecule has 0 radical (unpaired) electrons. The smallest absolute Gasteiger partial charge is 0.251 e. The molecule has 0 unspecified atom stereocenters. The zero-order valence-electron chi connectivity index (χ0n) is 19.2. The summed E-state index contributed by atoms with van der Waals surface area (Å²) in [4.78, 5) is 30.6. The highest BCUT2D eigenvalue weighted by molar-refractivity contribution is 7.98. The number of thioether (sulfide) groups is 1. The van der Waals surface area contributed by atoms with Gasteiger partial charge in [-0.2, -0.15) is 11.8 Å². The van der Waals surface area contributed by atoms with E-state index in [1.54, 1.807) is 11.8 Å². The molecule has 1 atom stereocenters. The largest absolute Gasteiger partial charge is 0.342 e. The number of Topliss-reactive ketones (excluding diaryl/α,β-unsaturated/α-hetero) is 1.